The lowest BCUT2D eigenvalue weighted by Gasteiger charge is -2.09. The van der Waals surface area contributed by atoms with Crippen molar-refractivity contribution >= 4 is 5.97 Å². The molecule has 1 aromatic heterocycles. The molecular weight excluding hydrogens is 272 g/mol. The Hall–Kier alpha value is -2.63. The molecule has 0 amide bonds. The predicted octanol–water partition coefficient (Wildman–Crippen LogP) is 0.783. The second-order valence-corrected chi connectivity index (χ2v) is 4.95. The molecule has 6 nitrogen and oxygen atoms in total. The van der Waals surface area contributed by atoms with Gasteiger partial charge in [-0.1, -0.05) is 24.3 Å². The van der Waals surface area contributed by atoms with E-state index in [4.69, 9.17) is 5.11 Å². The third kappa shape index (κ3) is 3.10. The topological polar surface area (TPSA) is 81.3 Å². The van der Waals surface area contributed by atoms with E-state index in [2.05, 4.69) is 0 Å². The van der Waals surface area contributed by atoms with Crippen molar-refractivity contribution < 1.29 is 9.90 Å². The van der Waals surface area contributed by atoms with Gasteiger partial charge in [-0.3, -0.25) is 14.4 Å². The first-order valence-corrected chi connectivity index (χ1v) is 6.48. The summed E-state index contributed by atoms with van der Waals surface area (Å²) in [4.78, 5) is 34.3. The predicted molar refractivity (Wildman–Crippen MR) is 77.5 cm³/mol. The molecule has 0 aliphatic carbocycles. The van der Waals surface area contributed by atoms with Crippen molar-refractivity contribution in [3.63, 3.8) is 0 Å². The van der Waals surface area contributed by atoms with Gasteiger partial charge in [-0.25, -0.2) is 0 Å². The molecular formula is C15H16N2O4. The van der Waals surface area contributed by atoms with E-state index in [1.165, 1.54) is 22.4 Å². The zero-order chi connectivity index (χ0) is 15.6. The first kappa shape index (κ1) is 14.8. The maximum absolute atomic E-state index is 11.8. The number of aliphatic carboxylic acids is 1. The van der Waals surface area contributed by atoms with Gasteiger partial charge in [-0.05, 0) is 18.1 Å². The van der Waals surface area contributed by atoms with Crippen LogP contribution in [0.2, 0.25) is 0 Å². The van der Waals surface area contributed by atoms with Crippen molar-refractivity contribution in [2.75, 3.05) is 0 Å². The fourth-order valence-corrected chi connectivity index (χ4v) is 1.97. The molecule has 1 heterocycles. The second kappa shape index (κ2) is 5.78. The molecule has 1 aromatic carbocycles. The van der Waals surface area contributed by atoms with Crippen molar-refractivity contribution in [1.29, 1.82) is 0 Å². The van der Waals surface area contributed by atoms with E-state index >= 15 is 0 Å². The second-order valence-electron chi connectivity index (χ2n) is 4.95. The molecule has 2 rings (SSSR count). The monoisotopic (exact) mass is 288 g/mol. The highest BCUT2D eigenvalue weighted by Crippen LogP contribution is 2.16. The summed E-state index contributed by atoms with van der Waals surface area (Å²) in [6, 6.07) is 6.97. The largest absolute Gasteiger partial charge is 0.481 e. The average Bonchev–Trinajstić information content (AvgIpc) is 2.48. The molecule has 0 saturated heterocycles. The minimum Gasteiger partial charge on any atom is -0.481 e. The fraction of sp³-hybridized carbons (Fsp3) is 0.267. The summed E-state index contributed by atoms with van der Waals surface area (Å²) >= 11 is 0. The zero-order valence-electron chi connectivity index (χ0n) is 11.8. The van der Waals surface area contributed by atoms with Crippen molar-refractivity contribution in [3.8, 4) is 0 Å². The Morgan fingerprint density at radius 2 is 1.76 bits per heavy atom. The van der Waals surface area contributed by atoms with E-state index in [0.717, 1.165) is 5.56 Å². The first-order valence-electron chi connectivity index (χ1n) is 6.48. The molecule has 1 atom stereocenters. The number of carboxylic acid groups (broad SMARTS) is 1. The summed E-state index contributed by atoms with van der Waals surface area (Å²) in [7, 11) is 1.52. The van der Waals surface area contributed by atoms with Crippen LogP contribution in [0.25, 0.3) is 0 Å². The third-order valence-electron chi connectivity index (χ3n) is 3.44. The van der Waals surface area contributed by atoms with Crippen LogP contribution in [-0.2, 0) is 18.4 Å². The molecule has 21 heavy (non-hydrogen) atoms. The van der Waals surface area contributed by atoms with E-state index in [9.17, 15) is 14.4 Å². The van der Waals surface area contributed by atoms with Crippen molar-refractivity contribution in [2.24, 2.45) is 7.05 Å². The lowest BCUT2D eigenvalue weighted by molar-refractivity contribution is -0.138. The zero-order valence-corrected chi connectivity index (χ0v) is 11.8. The van der Waals surface area contributed by atoms with Gasteiger partial charge in [-0.2, -0.15) is 0 Å². The summed E-state index contributed by atoms with van der Waals surface area (Å²) < 4.78 is 2.56. The summed E-state index contributed by atoms with van der Waals surface area (Å²) in [5.74, 6) is -1.46. The molecule has 1 unspecified atom stereocenters. The van der Waals surface area contributed by atoms with Crippen LogP contribution in [0.4, 0.5) is 0 Å². The summed E-state index contributed by atoms with van der Waals surface area (Å²) in [6.07, 6.45) is 3.09. The van der Waals surface area contributed by atoms with Crippen molar-refractivity contribution in [1.82, 2.24) is 9.13 Å². The van der Waals surface area contributed by atoms with Crippen LogP contribution in [0.5, 0.6) is 0 Å². The van der Waals surface area contributed by atoms with Gasteiger partial charge in [0.2, 0.25) is 0 Å². The molecule has 0 aliphatic rings. The molecule has 0 bridgehead atoms. The fourth-order valence-electron chi connectivity index (χ4n) is 1.97. The highest BCUT2D eigenvalue weighted by molar-refractivity contribution is 5.75. The molecule has 0 radical (unpaired) electrons. The lowest BCUT2D eigenvalue weighted by atomic mass is 10.00. The van der Waals surface area contributed by atoms with Gasteiger partial charge in [0.15, 0.2) is 0 Å². The standard InChI is InChI=1S/C15H16N2O4/c1-10(15(20)21)12-5-3-11(4-6-12)9-17-8-7-16(2)13(18)14(17)19/h3-8,10H,9H2,1-2H3,(H,20,21). The smallest absolute Gasteiger partial charge is 0.316 e. The number of carboxylic acids is 1. The molecule has 0 aliphatic heterocycles. The minimum absolute atomic E-state index is 0.274. The highest BCUT2D eigenvalue weighted by atomic mass is 16.4. The van der Waals surface area contributed by atoms with E-state index < -0.39 is 23.0 Å². The molecule has 0 fully saturated rings. The van der Waals surface area contributed by atoms with Crippen molar-refractivity contribution in [2.45, 2.75) is 19.4 Å². The highest BCUT2D eigenvalue weighted by Gasteiger charge is 2.13. The number of nitrogens with zero attached hydrogens (tertiary/aromatic N) is 2. The number of benzene rings is 1. The first-order chi connectivity index (χ1) is 9.90. The van der Waals surface area contributed by atoms with E-state index in [1.54, 1.807) is 37.4 Å². The summed E-state index contributed by atoms with van der Waals surface area (Å²) in [6.45, 7) is 1.89. The van der Waals surface area contributed by atoms with E-state index in [0.29, 0.717) is 5.56 Å². The minimum atomic E-state index is -0.884. The van der Waals surface area contributed by atoms with E-state index in [-0.39, 0.29) is 6.54 Å². The van der Waals surface area contributed by atoms with Crippen LogP contribution >= 0.6 is 0 Å². The maximum atomic E-state index is 11.8. The number of carbonyl (C=O) groups is 1. The number of aryl methyl sites for hydroxylation is 1. The average molecular weight is 288 g/mol. The van der Waals surface area contributed by atoms with Gasteiger partial charge in [0, 0.05) is 19.4 Å². The Morgan fingerprint density at radius 3 is 2.33 bits per heavy atom. The molecule has 0 saturated carbocycles. The van der Waals surface area contributed by atoms with Gasteiger partial charge >= 0.3 is 17.1 Å². The third-order valence-corrected chi connectivity index (χ3v) is 3.44. The number of hydrogen-bond acceptors (Lipinski definition) is 3. The quantitative estimate of drug-likeness (QED) is 0.843. The Balaban J connectivity index is 2.26. The lowest BCUT2D eigenvalue weighted by Crippen LogP contribution is -2.39. The van der Waals surface area contributed by atoms with Crippen LogP contribution in [0.3, 0.4) is 0 Å². The van der Waals surface area contributed by atoms with Crippen LogP contribution < -0.4 is 11.1 Å². The van der Waals surface area contributed by atoms with Gasteiger partial charge in [0.05, 0.1) is 12.5 Å². The Kier molecular flexibility index (Phi) is 4.07. The number of hydrogen-bond donors (Lipinski definition) is 1. The normalized spacial score (nSPS) is 12.1. The Labute approximate surface area is 120 Å². The van der Waals surface area contributed by atoms with Crippen LogP contribution in [0.15, 0.2) is 46.2 Å². The molecule has 0 spiro atoms. The van der Waals surface area contributed by atoms with Crippen molar-refractivity contribution in [3.05, 3.63) is 68.5 Å². The van der Waals surface area contributed by atoms with Crippen LogP contribution in [-0.4, -0.2) is 20.2 Å². The van der Waals surface area contributed by atoms with Gasteiger partial charge in [0.1, 0.15) is 0 Å². The molecule has 110 valence electrons. The number of rotatable bonds is 4. The summed E-state index contributed by atoms with van der Waals surface area (Å²) in [5, 5.41) is 8.95. The Morgan fingerprint density at radius 1 is 1.14 bits per heavy atom. The number of aromatic nitrogens is 2. The van der Waals surface area contributed by atoms with E-state index in [1.807, 2.05) is 0 Å². The SMILES string of the molecule is CC(C(=O)O)c1ccc(Cn2ccn(C)c(=O)c2=O)cc1. The van der Waals surface area contributed by atoms with Crippen LogP contribution in [0.1, 0.15) is 24.0 Å². The molecule has 6 heteroatoms. The maximum Gasteiger partial charge on any atom is 0.316 e. The van der Waals surface area contributed by atoms with Gasteiger partial charge in [0.25, 0.3) is 0 Å². The van der Waals surface area contributed by atoms with Gasteiger partial charge < -0.3 is 14.2 Å². The molecule has 2 aromatic rings. The van der Waals surface area contributed by atoms with Gasteiger partial charge in [-0.15, -0.1) is 0 Å². The van der Waals surface area contributed by atoms with Crippen LogP contribution in [0, 0.1) is 0 Å². The molecule has 1 N–H and O–H groups in total. The summed E-state index contributed by atoms with van der Waals surface area (Å²) in [5.41, 5.74) is 0.367. The Bertz CT molecular complexity index is 771.